The third-order valence-corrected chi connectivity index (χ3v) is 3.01. The first kappa shape index (κ1) is 12.6. The molecule has 2 aromatic rings. The number of carbonyl (C=O) groups is 1. The van der Waals surface area contributed by atoms with Crippen molar-refractivity contribution in [1.29, 1.82) is 0 Å². The average molecular weight is 299 g/mol. The molecule has 0 radical (unpaired) electrons. The Morgan fingerprint density at radius 3 is 2.22 bits per heavy atom. The van der Waals surface area contributed by atoms with Crippen LogP contribution in [0.3, 0.4) is 0 Å². The zero-order valence-electron chi connectivity index (χ0n) is 9.91. The number of halogens is 1. The summed E-state index contributed by atoms with van der Waals surface area (Å²) in [7, 11) is 0. The molecule has 0 aliphatic carbocycles. The summed E-state index contributed by atoms with van der Waals surface area (Å²) in [5.41, 5.74) is 2.59. The van der Waals surface area contributed by atoms with Gasteiger partial charge < -0.3 is 0 Å². The zero-order chi connectivity index (χ0) is 13.0. The van der Waals surface area contributed by atoms with E-state index in [1.54, 1.807) is 12.1 Å². The van der Waals surface area contributed by atoms with Crippen molar-refractivity contribution < 1.29 is 4.79 Å². The number of aryl methyl sites for hydroxylation is 1. The van der Waals surface area contributed by atoms with Crippen molar-refractivity contribution in [2.75, 3.05) is 0 Å². The lowest BCUT2D eigenvalue weighted by atomic mass is 10.1. The van der Waals surface area contributed by atoms with Gasteiger partial charge in [-0.25, -0.2) is 0 Å². The van der Waals surface area contributed by atoms with Gasteiger partial charge in [-0.05, 0) is 37.1 Å². The normalized spacial score (nSPS) is 9.44. The average Bonchev–Trinajstić information content (AvgIpc) is 2.38. The molecule has 0 fully saturated rings. The number of hydrogen-bond donors (Lipinski definition) is 0. The highest BCUT2D eigenvalue weighted by atomic mass is 79.9. The molecule has 88 valence electrons. The SMILES string of the molecule is Cc1ccc(C(=O)C#Cc2ccc(Br)cc2)cc1. The van der Waals surface area contributed by atoms with Crippen LogP contribution < -0.4 is 0 Å². The second-order valence-electron chi connectivity index (χ2n) is 3.95. The maximum Gasteiger partial charge on any atom is 0.236 e. The monoisotopic (exact) mass is 298 g/mol. The fourth-order valence-corrected chi connectivity index (χ4v) is 1.70. The summed E-state index contributed by atoms with van der Waals surface area (Å²) < 4.78 is 0.998. The molecule has 0 aliphatic rings. The molecule has 0 spiro atoms. The minimum Gasteiger partial charge on any atom is -0.279 e. The molecule has 0 aliphatic heterocycles. The van der Waals surface area contributed by atoms with E-state index >= 15 is 0 Å². The van der Waals surface area contributed by atoms with Gasteiger partial charge in [-0.3, -0.25) is 4.79 Å². The predicted molar refractivity (Wildman–Crippen MR) is 76.5 cm³/mol. The quantitative estimate of drug-likeness (QED) is 0.575. The molecule has 18 heavy (non-hydrogen) atoms. The lowest BCUT2D eigenvalue weighted by Gasteiger charge is -1.94. The van der Waals surface area contributed by atoms with Gasteiger partial charge in [0.25, 0.3) is 0 Å². The second kappa shape index (κ2) is 5.66. The van der Waals surface area contributed by atoms with Crippen molar-refractivity contribution >= 4 is 21.7 Å². The van der Waals surface area contributed by atoms with Crippen LogP contribution in [0, 0.1) is 18.8 Å². The fourth-order valence-electron chi connectivity index (χ4n) is 1.44. The maximum absolute atomic E-state index is 11.8. The number of ketones is 1. The smallest absolute Gasteiger partial charge is 0.236 e. The maximum atomic E-state index is 11.8. The lowest BCUT2D eigenvalue weighted by molar-refractivity contribution is 0.105. The van der Waals surface area contributed by atoms with Crippen LogP contribution in [0.1, 0.15) is 21.5 Å². The zero-order valence-corrected chi connectivity index (χ0v) is 11.5. The fraction of sp³-hybridized carbons (Fsp3) is 0.0625. The Morgan fingerprint density at radius 2 is 1.61 bits per heavy atom. The molecule has 0 saturated carbocycles. The molecule has 2 rings (SSSR count). The Kier molecular flexibility index (Phi) is 3.96. The molecular weight excluding hydrogens is 288 g/mol. The van der Waals surface area contributed by atoms with E-state index in [1.807, 2.05) is 43.3 Å². The van der Waals surface area contributed by atoms with Crippen molar-refractivity contribution in [2.45, 2.75) is 6.92 Å². The van der Waals surface area contributed by atoms with Crippen LogP contribution in [0.2, 0.25) is 0 Å². The lowest BCUT2D eigenvalue weighted by Crippen LogP contribution is -1.94. The van der Waals surface area contributed by atoms with Gasteiger partial charge in [0.05, 0.1) is 0 Å². The summed E-state index contributed by atoms with van der Waals surface area (Å²) in [6.07, 6.45) is 0. The van der Waals surface area contributed by atoms with Crippen molar-refractivity contribution in [3.63, 3.8) is 0 Å². The molecule has 1 nitrogen and oxygen atoms in total. The molecule has 0 unspecified atom stereocenters. The van der Waals surface area contributed by atoms with Gasteiger partial charge in [-0.2, -0.15) is 0 Å². The molecule has 2 aromatic carbocycles. The van der Waals surface area contributed by atoms with Gasteiger partial charge in [0.15, 0.2) is 0 Å². The summed E-state index contributed by atoms with van der Waals surface area (Å²) in [6, 6.07) is 15.0. The highest BCUT2D eigenvalue weighted by Gasteiger charge is 2.00. The van der Waals surface area contributed by atoms with Crippen LogP contribution in [-0.2, 0) is 0 Å². The topological polar surface area (TPSA) is 17.1 Å². The third kappa shape index (κ3) is 3.32. The van der Waals surface area contributed by atoms with Gasteiger partial charge in [0.1, 0.15) is 0 Å². The van der Waals surface area contributed by atoms with E-state index in [4.69, 9.17) is 0 Å². The van der Waals surface area contributed by atoms with Crippen molar-refractivity contribution in [1.82, 2.24) is 0 Å². The molecule has 0 amide bonds. The summed E-state index contributed by atoms with van der Waals surface area (Å²) in [4.78, 5) is 11.8. The van der Waals surface area contributed by atoms with E-state index in [1.165, 1.54) is 0 Å². The van der Waals surface area contributed by atoms with Gasteiger partial charge in [-0.1, -0.05) is 51.7 Å². The second-order valence-corrected chi connectivity index (χ2v) is 4.87. The third-order valence-electron chi connectivity index (χ3n) is 2.48. The van der Waals surface area contributed by atoms with E-state index in [9.17, 15) is 4.79 Å². The summed E-state index contributed by atoms with van der Waals surface area (Å²) in [6.45, 7) is 1.99. The summed E-state index contributed by atoms with van der Waals surface area (Å²) in [5.74, 6) is 5.36. The molecule has 0 saturated heterocycles. The van der Waals surface area contributed by atoms with Crippen LogP contribution in [0.15, 0.2) is 53.0 Å². The summed E-state index contributed by atoms with van der Waals surface area (Å²) in [5, 5.41) is 0. The van der Waals surface area contributed by atoms with E-state index < -0.39 is 0 Å². The Labute approximate surface area is 115 Å². The van der Waals surface area contributed by atoms with Gasteiger partial charge in [-0.15, -0.1) is 0 Å². The van der Waals surface area contributed by atoms with E-state index in [-0.39, 0.29) is 5.78 Å². The number of benzene rings is 2. The largest absolute Gasteiger partial charge is 0.279 e. The minimum absolute atomic E-state index is 0.155. The first-order valence-electron chi connectivity index (χ1n) is 5.54. The van der Waals surface area contributed by atoms with Crippen LogP contribution in [-0.4, -0.2) is 5.78 Å². The Balaban J connectivity index is 2.17. The first-order valence-corrected chi connectivity index (χ1v) is 6.33. The Hall–Kier alpha value is -1.85. The highest BCUT2D eigenvalue weighted by molar-refractivity contribution is 9.10. The molecule has 2 heteroatoms. The van der Waals surface area contributed by atoms with Gasteiger partial charge in [0.2, 0.25) is 5.78 Å². The van der Waals surface area contributed by atoms with Crippen molar-refractivity contribution in [3.05, 3.63) is 69.7 Å². The molecule has 0 heterocycles. The van der Waals surface area contributed by atoms with Crippen LogP contribution in [0.4, 0.5) is 0 Å². The predicted octanol–water partition coefficient (Wildman–Crippen LogP) is 3.99. The standard InChI is InChI=1S/C16H11BrO/c1-12-2-7-14(8-3-12)16(18)11-6-13-4-9-15(17)10-5-13/h2-5,7-10H,1H3. The van der Waals surface area contributed by atoms with Crippen LogP contribution in [0.5, 0.6) is 0 Å². The van der Waals surface area contributed by atoms with Crippen LogP contribution in [0.25, 0.3) is 0 Å². The molecular formula is C16H11BrO. The molecule has 0 atom stereocenters. The number of hydrogen-bond acceptors (Lipinski definition) is 1. The van der Waals surface area contributed by atoms with Gasteiger partial charge in [0, 0.05) is 15.6 Å². The first-order chi connectivity index (χ1) is 8.65. The van der Waals surface area contributed by atoms with E-state index in [0.717, 1.165) is 15.6 Å². The van der Waals surface area contributed by atoms with Crippen molar-refractivity contribution in [2.24, 2.45) is 0 Å². The summed E-state index contributed by atoms with van der Waals surface area (Å²) >= 11 is 3.35. The van der Waals surface area contributed by atoms with Gasteiger partial charge >= 0.3 is 0 Å². The number of carbonyl (C=O) groups excluding carboxylic acids is 1. The highest BCUT2D eigenvalue weighted by Crippen LogP contribution is 2.09. The van der Waals surface area contributed by atoms with E-state index in [2.05, 4.69) is 27.8 Å². The van der Waals surface area contributed by atoms with Crippen molar-refractivity contribution in [3.8, 4) is 11.8 Å². The minimum atomic E-state index is -0.155. The van der Waals surface area contributed by atoms with E-state index in [0.29, 0.717) is 5.56 Å². The number of rotatable bonds is 1. The molecule has 0 aromatic heterocycles. The van der Waals surface area contributed by atoms with Crippen LogP contribution >= 0.6 is 15.9 Å². The number of Topliss-reactive ketones (excluding diaryl/α,β-unsaturated/α-hetero) is 1. The Morgan fingerprint density at radius 1 is 1.00 bits per heavy atom. The Bertz CT molecular complexity index is 613. The molecule has 0 N–H and O–H groups in total. The molecule has 0 bridgehead atoms.